The molecule has 0 spiro atoms. The summed E-state index contributed by atoms with van der Waals surface area (Å²) in [5.41, 5.74) is 4.35. The number of nitrogens with one attached hydrogen (secondary N) is 1. The van der Waals surface area contributed by atoms with E-state index in [1.807, 2.05) is 11.0 Å². The van der Waals surface area contributed by atoms with Gasteiger partial charge in [0.05, 0.1) is 6.61 Å². The number of benzene rings is 2. The van der Waals surface area contributed by atoms with Crippen LogP contribution in [0.3, 0.4) is 0 Å². The zero-order valence-electron chi connectivity index (χ0n) is 20.0. The van der Waals surface area contributed by atoms with E-state index in [-0.39, 0.29) is 17.9 Å². The summed E-state index contributed by atoms with van der Waals surface area (Å²) in [6, 6.07) is 11.5. The second-order valence-electron chi connectivity index (χ2n) is 8.60. The van der Waals surface area contributed by atoms with Gasteiger partial charge in [-0.15, -0.1) is 0 Å². The van der Waals surface area contributed by atoms with Gasteiger partial charge in [-0.25, -0.2) is 0 Å². The van der Waals surface area contributed by atoms with Crippen LogP contribution in [0.15, 0.2) is 36.4 Å². The molecule has 0 radical (unpaired) electrons. The molecule has 1 fully saturated rings. The highest BCUT2D eigenvalue weighted by atomic mass is 35.5. The van der Waals surface area contributed by atoms with E-state index >= 15 is 0 Å². The summed E-state index contributed by atoms with van der Waals surface area (Å²) in [5.74, 6) is 0.936. The molecule has 0 unspecified atom stereocenters. The van der Waals surface area contributed by atoms with E-state index in [1.54, 1.807) is 24.3 Å². The quantitative estimate of drug-likeness (QED) is 0.580. The van der Waals surface area contributed by atoms with Crippen LogP contribution in [0.5, 0.6) is 5.75 Å². The summed E-state index contributed by atoms with van der Waals surface area (Å²) in [6.07, 6.45) is 0.773. The number of rotatable bonds is 8. The fourth-order valence-corrected chi connectivity index (χ4v) is 4.35. The first-order chi connectivity index (χ1) is 15.8. The van der Waals surface area contributed by atoms with Gasteiger partial charge >= 0.3 is 0 Å². The molecule has 0 aromatic heterocycles. The molecule has 6 nitrogen and oxygen atoms in total. The molecule has 0 saturated carbocycles. The minimum Gasteiger partial charge on any atom is -0.493 e. The fraction of sp³-hybridized carbons (Fsp3) is 0.462. The Balaban J connectivity index is 1.56. The van der Waals surface area contributed by atoms with Crippen molar-refractivity contribution >= 4 is 23.4 Å². The van der Waals surface area contributed by atoms with Gasteiger partial charge in [-0.05, 0) is 74.2 Å². The average molecular weight is 472 g/mol. The molecule has 0 bridgehead atoms. The first-order valence-corrected chi connectivity index (χ1v) is 11.9. The topological polar surface area (TPSA) is 61.9 Å². The molecule has 1 saturated heterocycles. The summed E-state index contributed by atoms with van der Waals surface area (Å²) >= 11 is 5.94. The molecule has 2 amide bonds. The van der Waals surface area contributed by atoms with Crippen molar-refractivity contribution in [3.05, 3.63) is 63.7 Å². The Kier molecular flexibility index (Phi) is 8.75. The number of nitrogens with zero attached hydrogens (tertiary/aromatic N) is 2. The highest BCUT2D eigenvalue weighted by Crippen LogP contribution is 2.31. The maximum absolute atomic E-state index is 12.8. The van der Waals surface area contributed by atoms with Crippen LogP contribution in [0.2, 0.25) is 5.02 Å². The molecule has 1 aliphatic heterocycles. The van der Waals surface area contributed by atoms with Crippen molar-refractivity contribution in [2.24, 2.45) is 0 Å². The molecule has 3 rings (SSSR count). The molecule has 33 heavy (non-hydrogen) atoms. The zero-order chi connectivity index (χ0) is 24.0. The minimum atomic E-state index is -0.0180. The van der Waals surface area contributed by atoms with Gasteiger partial charge in [0.1, 0.15) is 5.75 Å². The predicted octanol–water partition coefficient (Wildman–Crippen LogP) is 4.38. The van der Waals surface area contributed by atoms with Gasteiger partial charge in [-0.3, -0.25) is 14.5 Å². The maximum atomic E-state index is 12.8. The standard InChI is InChI=1S/C26H34ClN3O3/c1-18-19(2)25(33-17-5-12-28-21(4)31)11-10-24(18)20(3)29-13-15-30(16-14-29)26(32)22-6-8-23(27)9-7-22/h6-11,20H,5,12-17H2,1-4H3,(H,28,31)/t20-/m1/s1. The highest BCUT2D eigenvalue weighted by Gasteiger charge is 2.26. The number of hydrogen-bond acceptors (Lipinski definition) is 4. The summed E-state index contributed by atoms with van der Waals surface area (Å²) in [6.45, 7) is 12.3. The van der Waals surface area contributed by atoms with Crippen molar-refractivity contribution in [1.29, 1.82) is 0 Å². The second-order valence-corrected chi connectivity index (χ2v) is 9.04. The number of ether oxygens (including phenoxy) is 1. The molecule has 2 aromatic carbocycles. The summed E-state index contributed by atoms with van der Waals surface area (Å²) < 4.78 is 5.95. The Morgan fingerprint density at radius 1 is 1.03 bits per heavy atom. The lowest BCUT2D eigenvalue weighted by atomic mass is 9.96. The molecular weight excluding hydrogens is 438 g/mol. The molecular formula is C26H34ClN3O3. The Labute approximate surface area is 201 Å². The van der Waals surface area contributed by atoms with Crippen molar-refractivity contribution in [1.82, 2.24) is 15.1 Å². The number of hydrogen-bond donors (Lipinski definition) is 1. The number of piperazine rings is 1. The molecule has 1 N–H and O–H groups in total. The van der Waals surface area contributed by atoms with Gasteiger partial charge in [0.15, 0.2) is 0 Å². The highest BCUT2D eigenvalue weighted by molar-refractivity contribution is 6.30. The summed E-state index contributed by atoms with van der Waals surface area (Å²) in [7, 11) is 0. The monoisotopic (exact) mass is 471 g/mol. The van der Waals surface area contributed by atoms with Crippen LogP contribution >= 0.6 is 11.6 Å². The first kappa shape index (κ1) is 25.1. The molecule has 1 atom stereocenters. The van der Waals surface area contributed by atoms with Crippen LogP contribution in [0.1, 0.15) is 53.4 Å². The molecule has 1 aliphatic rings. The minimum absolute atomic E-state index is 0.0180. The number of halogens is 1. The van der Waals surface area contributed by atoms with Gasteiger partial charge in [-0.2, -0.15) is 0 Å². The van der Waals surface area contributed by atoms with E-state index in [4.69, 9.17) is 16.3 Å². The predicted molar refractivity (Wildman–Crippen MR) is 132 cm³/mol. The van der Waals surface area contributed by atoms with Gasteiger partial charge in [-0.1, -0.05) is 17.7 Å². The van der Waals surface area contributed by atoms with Crippen LogP contribution in [-0.4, -0.2) is 60.9 Å². The van der Waals surface area contributed by atoms with Crippen LogP contribution in [0.4, 0.5) is 0 Å². The van der Waals surface area contributed by atoms with Crippen molar-refractivity contribution < 1.29 is 14.3 Å². The normalized spacial score (nSPS) is 15.2. The fourth-order valence-electron chi connectivity index (χ4n) is 4.23. The Bertz CT molecular complexity index is 969. The average Bonchev–Trinajstić information content (AvgIpc) is 2.81. The van der Waals surface area contributed by atoms with Crippen molar-refractivity contribution in [2.45, 2.75) is 40.2 Å². The molecule has 178 valence electrons. The van der Waals surface area contributed by atoms with E-state index < -0.39 is 0 Å². The van der Waals surface area contributed by atoms with Crippen LogP contribution < -0.4 is 10.1 Å². The van der Waals surface area contributed by atoms with Crippen LogP contribution in [-0.2, 0) is 4.79 Å². The van der Waals surface area contributed by atoms with Gasteiger partial charge in [0.2, 0.25) is 5.91 Å². The van der Waals surface area contributed by atoms with E-state index in [1.165, 1.54) is 18.1 Å². The zero-order valence-corrected chi connectivity index (χ0v) is 20.7. The van der Waals surface area contributed by atoms with Gasteiger partial charge < -0.3 is 15.0 Å². The number of carbonyl (C=O) groups is 2. The van der Waals surface area contributed by atoms with Crippen LogP contribution in [0, 0.1) is 13.8 Å². The second kappa shape index (κ2) is 11.5. The molecule has 2 aromatic rings. The van der Waals surface area contributed by atoms with Crippen LogP contribution in [0.25, 0.3) is 0 Å². The summed E-state index contributed by atoms with van der Waals surface area (Å²) in [5, 5.41) is 3.42. The Hall–Kier alpha value is -2.57. The lowest BCUT2D eigenvalue weighted by Gasteiger charge is -2.39. The molecule has 7 heteroatoms. The van der Waals surface area contributed by atoms with E-state index in [0.717, 1.165) is 30.8 Å². The van der Waals surface area contributed by atoms with E-state index in [2.05, 4.69) is 37.1 Å². The maximum Gasteiger partial charge on any atom is 0.253 e. The summed E-state index contributed by atoms with van der Waals surface area (Å²) in [4.78, 5) is 28.1. The number of carbonyl (C=O) groups excluding carboxylic acids is 2. The lowest BCUT2D eigenvalue weighted by Crippen LogP contribution is -2.49. The third-order valence-electron chi connectivity index (χ3n) is 6.42. The smallest absolute Gasteiger partial charge is 0.253 e. The molecule has 0 aliphatic carbocycles. The first-order valence-electron chi connectivity index (χ1n) is 11.5. The van der Waals surface area contributed by atoms with Gasteiger partial charge in [0, 0.05) is 56.3 Å². The molecule has 1 heterocycles. The van der Waals surface area contributed by atoms with E-state index in [0.29, 0.717) is 36.8 Å². The van der Waals surface area contributed by atoms with E-state index in [9.17, 15) is 9.59 Å². The SMILES string of the molecule is CC(=O)NCCCOc1ccc([C@@H](C)N2CCN(C(=O)c3ccc(Cl)cc3)CC2)c(C)c1C. The van der Waals surface area contributed by atoms with Crippen molar-refractivity contribution in [2.75, 3.05) is 39.3 Å². The number of amides is 2. The third-order valence-corrected chi connectivity index (χ3v) is 6.67. The Morgan fingerprint density at radius 2 is 1.70 bits per heavy atom. The van der Waals surface area contributed by atoms with Crippen molar-refractivity contribution in [3.8, 4) is 5.75 Å². The van der Waals surface area contributed by atoms with Gasteiger partial charge in [0.25, 0.3) is 5.91 Å². The Morgan fingerprint density at radius 3 is 2.33 bits per heavy atom. The van der Waals surface area contributed by atoms with Crippen molar-refractivity contribution in [3.63, 3.8) is 0 Å². The third kappa shape index (κ3) is 6.49. The largest absolute Gasteiger partial charge is 0.493 e. The lowest BCUT2D eigenvalue weighted by molar-refractivity contribution is -0.118.